The second-order valence-electron chi connectivity index (χ2n) is 4.21. The lowest BCUT2D eigenvalue weighted by Crippen LogP contribution is -1.98. The van der Waals surface area contributed by atoms with Gasteiger partial charge in [-0.15, -0.1) is 11.3 Å². The number of aromatic nitrogens is 1. The van der Waals surface area contributed by atoms with E-state index in [2.05, 4.69) is 28.7 Å². The molecule has 19 heavy (non-hydrogen) atoms. The highest BCUT2D eigenvalue weighted by Gasteiger charge is 2.06. The van der Waals surface area contributed by atoms with E-state index in [4.69, 9.17) is 11.6 Å². The highest BCUT2D eigenvalue weighted by molar-refractivity contribution is 7.22. The van der Waals surface area contributed by atoms with Crippen molar-refractivity contribution in [3.05, 3.63) is 45.1 Å². The quantitative estimate of drug-likeness (QED) is 0.718. The molecule has 0 amide bonds. The molecule has 0 aliphatic heterocycles. The molecule has 2 nitrogen and oxygen atoms in total. The standard InChI is InChI=1S/C14H13ClN2S2/c1-2-9-5-6-18-13(9)8-16-14-17-11-4-3-10(15)7-12(11)19-14/h3-7H,2,8H2,1H3,(H,16,17). The minimum Gasteiger partial charge on any atom is -0.357 e. The lowest BCUT2D eigenvalue weighted by Gasteiger charge is -2.02. The number of hydrogen-bond acceptors (Lipinski definition) is 4. The van der Waals surface area contributed by atoms with Crippen LogP contribution >= 0.6 is 34.3 Å². The maximum Gasteiger partial charge on any atom is 0.184 e. The van der Waals surface area contributed by atoms with E-state index in [0.29, 0.717) is 0 Å². The Kier molecular flexibility index (Phi) is 3.73. The molecule has 2 aromatic heterocycles. The van der Waals surface area contributed by atoms with Crippen molar-refractivity contribution in [3.63, 3.8) is 0 Å². The van der Waals surface area contributed by atoms with Crippen molar-refractivity contribution >= 4 is 49.6 Å². The minimum absolute atomic E-state index is 0.759. The number of fused-ring (bicyclic) bond motifs is 1. The van der Waals surface area contributed by atoms with Crippen LogP contribution in [0, 0.1) is 0 Å². The summed E-state index contributed by atoms with van der Waals surface area (Å²) in [6.07, 6.45) is 1.08. The van der Waals surface area contributed by atoms with Crippen LogP contribution in [0.5, 0.6) is 0 Å². The van der Waals surface area contributed by atoms with Crippen LogP contribution in [-0.4, -0.2) is 4.98 Å². The zero-order chi connectivity index (χ0) is 13.2. The van der Waals surface area contributed by atoms with Gasteiger partial charge >= 0.3 is 0 Å². The number of hydrogen-bond donors (Lipinski definition) is 1. The van der Waals surface area contributed by atoms with E-state index in [-0.39, 0.29) is 0 Å². The van der Waals surface area contributed by atoms with Gasteiger partial charge in [0.1, 0.15) is 0 Å². The maximum atomic E-state index is 5.99. The molecule has 0 unspecified atom stereocenters. The van der Waals surface area contributed by atoms with Crippen molar-refractivity contribution in [2.75, 3.05) is 5.32 Å². The molecule has 0 spiro atoms. The van der Waals surface area contributed by atoms with Crippen LogP contribution in [0.25, 0.3) is 10.2 Å². The monoisotopic (exact) mass is 308 g/mol. The van der Waals surface area contributed by atoms with Crippen LogP contribution in [0.1, 0.15) is 17.4 Å². The van der Waals surface area contributed by atoms with Gasteiger partial charge in [-0.1, -0.05) is 29.9 Å². The Morgan fingerprint density at radius 1 is 1.32 bits per heavy atom. The normalized spacial score (nSPS) is 11.1. The van der Waals surface area contributed by atoms with Gasteiger partial charge in [0.25, 0.3) is 0 Å². The third-order valence-electron chi connectivity index (χ3n) is 2.97. The van der Waals surface area contributed by atoms with Crippen LogP contribution in [0.15, 0.2) is 29.6 Å². The van der Waals surface area contributed by atoms with Crippen LogP contribution in [0.3, 0.4) is 0 Å². The largest absolute Gasteiger partial charge is 0.357 e. The second-order valence-corrected chi connectivity index (χ2v) is 6.67. The summed E-state index contributed by atoms with van der Waals surface area (Å²) in [7, 11) is 0. The fourth-order valence-corrected chi connectivity index (χ4v) is 4.02. The molecule has 1 N–H and O–H groups in total. The van der Waals surface area contributed by atoms with E-state index in [9.17, 15) is 0 Å². The summed E-state index contributed by atoms with van der Waals surface area (Å²) in [6.45, 7) is 3.03. The van der Waals surface area contributed by atoms with Gasteiger partial charge in [-0.2, -0.15) is 0 Å². The van der Waals surface area contributed by atoms with Gasteiger partial charge in [0.2, 0.25) is 0 Å². The van der Waals surface area contributed by atoms with Gasteiger partial charge < -0.3 is 5.32 Å². The molecule has 98 valence electrons. The van der Waals surface area contributed by atoms with E-state index < -0.39 is 0 Å². The van der Waals surface area contributed by atoms with Crippen molar-refractivity contribution in [2.24, 2.45) is 0 Å². The SMILES string of the molecule is CCc1ccsc1CNc1nc2ccc(Cl)cc2s1. The highest BCUT2D eigenvalue weighted by Crippen LogP contribution is 2.29. The molecule has 0 saturated carbocycles. The first-order chi connectivity index (χ1) is 9.26. The number of nitrogens with one attached hydrogen (secondary N) is 1. The third-order valence-corrected chi connectivity index (χ3v) is 5.14. The van der Waals surface area contributed by atoms with E-state index in [1.165, 1.54) is 10.4 Å². The van der Waals surface area contributed by atoms with E-state index in [1.807, 2.05) is 18.2 Å². The molecular weight excluding hydrogens is 296 g/mol. The number of halogens is 1. The first kappa shape index (κ1) is 12.9. The average molecular weight is 309 g/mol. The number of aryl methyl sites for hydroxylation is 1. The van der Waals surface area contributed by atoms with Crippen molar-refractivity contribution in [3.8, 4) is 0 Å². The van der Waals surface area contributed by atoms with E-state index in [0.717, 1.165) is 33.3 Å². The van der Waals surface area contributed by atoms with Gasteiger partial charge in [0.15, 0.2) is 5.13 Å². The maximum absolute atomic E-state index is 5.99. The molecule has 0 radical (unpaired) electrons. The zero-order valence-electron chi connectivity index (χ0n) is 10.4. The van der Waals surface area contributed by atoms with Crippen molar-refractivity contribution < 1.29 is 0 Å². The smallest absolute Gasteiger partial charge is 0.184 e. The van der Waals surface area contributed by atoms with Crippen LogP contribution in [0.4, 0.5) is 5.13 Å². The molecule has 0 fully saturated rings. The summed E-state index contributed by atoms with van der Waals surface area (Å²) < 4.78 is 1.12. The Hall–Kier alpha value is -1.10. The number of rotatable bonds is 4. The van der Waals surface area contributed by atoms with Gasteiger partial charge in [0.05, 0.1) is 16.8 Å². The molecule has 0 bridgehead atoms. The summed E-state index contributed by atoms with van der Waals surface area (Å²) >= 11 is 9.43. The Bertz CT molecular complexity index is 702. The third kappa shape index (κ3) is 2.76. The first-order valence-corrected chi connectivity index (χ1v) is 8.19. The second kappa shape index (κ2) is 5.49. The van der Waals surface area contributed by atoms with Crippen molar-refractivity contribution in [1.82, 2.24) is 4.98 Å². The molecule has 0 saturated heterocycles. The zero-order valence-corrected chi connectivity index (χ0v) is 12.8. The van der Waals surface area contributed by atoms with Crippen molar-refractivity contribution in [1.29, 1.82) is 0 Å². The van der Waals surface area contributed by atoms with Crippen LogP contribution < -0.4 is 5.32 Å². The molecule has 1 aromatic carbocycles. The predicted octanol–water partition coefficient (Wildman–Crippen LogP) is 5.19. The molecule has 0 aliphatic carbocycles. The molecule has 2 heterocycles. The van der Waals surface area contributed by atoms with Gasteiger partial charge in [0, 0.05) is 9.90 Å². The Morgan fingerprint density at radius 3 is 3.05 bits per heavy atom. The Balaban J connectivity index is 1.78. The number of benzene rings is 1. The van der Waals surface area contributed by atoms with Crippen molar-refractivity contribution in [2.45, 2.75) is 19.9 Å². The van der Waals surface area contributed by atoms with Gasteiger partial charge in [-0.05, 0) is 41.6 Å². The van der Waals surface area contributed by atoms with E-state index in [1.54, 1.807) is 22.7 Å². The average Bonchev–Trinajstić information content (AvgIpc) is 3.01. The number of thiazole rings is 1. The van der Waals surface area contributed by atoms with E-state index >= 15 is 0 Å². The molecule has 0 atom stereocenters. The number of thiophene rings is 1. The van der Waals surface area contributed by atoms with Gasteiger partial charge in [-0.3, -0.25) is 0 Å². The molecule has 3 aromatic rings. The molecule has 0 aliphatic rings. The first-order valence-electron chi connectivity index (χ1n) is 6.11. The fraction of sp³-hybridized carbons (Fsp3) is 0.214. The summed E-state index contributed by atoms with van der Waals surface area (Å²) in [4.78, 5) is 5.95. The van der Waals surface area contributed by atoms with Crippen LogP contribution in [-0.2, 0) is 13.0 Å². The minimum atomic E-state index is 0.759. The molecule has 5 heteroatoms. The number of anilines is 1. The summed E-state index contributed by atoms with van der Waals surface area (Å²) in [5, 5.41) is 7.26. The summed E-state index contributed by atoms with van der Waals surface area (Å²) in [5.41, 5.74) is 2.42. The Labute approximate surface area is 125 Å². The lowest BCUT2D eigenvalue weighted by atomic mass is 10.2. The topological polar surface area (TPSA) is 24.9 Å². The van der Waals surface area contributed by atoms with Gasteiger partial charge in [-0.25, -0.2) is 4.98 Å². The summed E-state index contributed by atoms with van der Waals surface area (Å²) in [5.74, 6) is 0. The fourth-order valence-electron chi connectivity index (χ4n) is 1.97. The molecule has 3 rings (SSSR count). The molecular formula is C14H13ClN2S2. The number of nitrogens with zero attached hydrogens (tertiary/aromatic N) is 1. The predicted molar refractivity (Wildman–Crippen MR) is 85.7 cm³/mol. The van der Waals surface area contributed by atoms with Crippen LogP contribution in [0.2, 0.25) is 5.02 Å². The highest BCUT2D eigenvalue weighted by atomic mass is 35.5. The summed E-state index contributed by atoms with van der Waals surface area (Å²) in [6, 6.07) is 7.99. The Morgan fingerprint density at radius 2 is 2.21 bits per heavy atom. The lowest BCUT2D eigenvalue weighted by molar-refractivity contribution is 1.08.